The second-order valence-corrected chi connectivity index (χ2v) is 3.03. The molecule has 0 saturated carbocycles. The van der Waals surface area contributed by atoms with Crippen molar-refractivity contribution in [2.75, 3.05) is 46.9 Å². The van der Waals surface area contributed by atoms with E-state index in [0.717, 1.165) is 32.7 Å². The van der Waals surface area contributed by atoms with Crippen LogP contribution in [0.15, 0.2) is 0 Å². The second-order valence-electron chi connectivity index (χ2n) is 3.03. The summed E-state index contributed by atoms with van der Waals surface area (Å²) in [5, 5.41) is 3.15. The van der Waals surface area contributed by atoms with Gasteiger partial charge in [0.15, 0.2) is 0 Å². The third-order valence-electron chi connectivity index (χ3n) is 1.79. The number of nitrogens with one attached hydrogen (secondary N) is 1. The Morgan fingerprint density at radius 2 is 2.23 bits per heavy atom. The zero-order valence-corrected chi connectivity index (χ0v) is 8.68. The predicted molar refractivity (Wildman–Crippen MR) is 55.7 cm³/mol. The summed E-state index contributed by atoms with van der Waals surface area (Å²) < 4.78 is 4.97. The van der Waals surface area contributed by atoms with Crippen LogP contribution >= 0.6 is 0 Å². The number of hydrogen-bond acceptors (Lipinski definition) is 3. The topological polar surface area (TPSA) is 24.5 Å². The van der Waals surface area contributed by atoms with Crippen molar-refractivity contribution in [3.05, 3.63) is 0 Å². The number of ether oxygens (including phenoxy) is 1. The third-order valence-corrected chi connectivity index (χ3v) is 1.79. The molecule has 0 spiro atoms. The predicted octanol–water partition coefficient (Wildman–Crippen LogP) is 0.178. The fourth-order valence-corrected chi connectivity index (χ4v) is 1.02. The van der Waals surface area contributed by atoms with Gasteiger partial charge in [0.05, 0.1) is 6.54 Å². The smallest absolute Gasteiger partial charge is 0.0574 e. The van der Waals surface area contributed by atoms with Gasteiger partial charge in [-0.25, -0.2) is 0 Å². The van der Waals surface area contributed by atoms with E-state index in [-0.39, 0.29) is 0 Å². The molecule has 13 heavy (non-hydrogen) atoms. The Morgan fingerprint density at radius 1 is 1.46 bits per heavy atom. The van der Waals surface area contributed by atoms with Crippen molar-refractivity contribution in [2.24, 2.45) is 0 Å². The summed E-state index contributed by atoms with van der Waals surface area (Å²) in [6.45, 7) is 4.55. The standard InChI is InChI=1S/C10H20N2O/c1-4-6-11-7-9-12(2)8-5-10-13-3/h1,11H,5-10H2,2-3H3. The monoisotopic (exact) mass is 184 g/mol. The molecule has 0 aromatic rings. The van der Waals surface area contributed by atoms with Gasteiger partial charge in [0.1, 0.15) is 0 Å². The summed E-state index contributed by atoms with van der Waals surface area (Å²) in [6.07, 6.45) is 6.19. The average molecular weight is 184 g/mol. The van der Waals surface area contributed by atoms with Crippen LogP contribution in [0.25, 0.3) is 0 Å². The van der Waals surface area contributed by atoms with E-state index in [2.05, 4.69) is 23.2 Å². The van der Waals surface area contributed by atoms with E-state index in [1.807, 2.05) is 0 Å². The molecular formula is C10H20N2O. The Kier molecular flexibility index (Phi) is 9.12. The molecule has 0 atom stereocenters. The number of terminal acetylenes is 1. The summed E-state index contributed by atoms with van der Waals surface area (Å²) in [6, 6.07) is 0. The fraction of sp³-hybridized carbons (Fsp3) is 0.800. The fourth-order valence-electron chi connectivity index (χ4n) is 1.02. The first-order chi connectivity index (χ1) is 6.31. The molecule has 0 fully saturated rings. The minimum absolute atomic E-state index is 0.659. The molecule has 0 rings (SSSR count). The highest BCUT2D eigenvalue weighted by Crippen LogP contribution is 1.86. The molecule has 0 radical (unpaired) electrons. The quantitative estimate of drug-likeness (QED) is 0.430. The maximum absolute atomic E-state index is 5.10. The zero-order valence-electron chi connectivity index (χ0n) is 8.68. The van der Waals surface area contributed by atoms with Crippen LogP contribution < -0.4 is 5.32 Å². The summed E-state index contributed by atoms with van der Waals surface area (Å²) in [5.74, 6) is 2.54. The van der Waals surface area contributed by atoms with Crippen LogP contribution in [0.1, 0.15) is 6.42 Å². The lowest BCUT2D eigenvalue weighted by molar-refractivity contribution is 0.179. The molecule has 0 aliphatic heterocycles. The van der Waals surface area contributed by atoms with Crippen molar-refractivity contribution in [3.63, 3.8) is 0 Å². The minimum Gasteiger partial charge on any atom is -0.385 e. The number of likely N-dealkylation sites (N-methyl/N-ethyl adjacent to an activating group) is 1. The van der Waals surface area contributed by atoms with Crippen molar-refractivity contribution < 1.29 is 4.74 Å². The number of hydrogen-bond donors (Lipinski definition) is 1. The van der Waals surface area contributed by atoms with E-state index < -0.39 is 0 Å². The van der Waals surface area contributed by atoms with E-state index in [1.165, 1.54) is 0 Å². The van der Waals surface area contributed by atoms with Gasteiger partial charge in [-0.1, -0.05) is 5.92 Å². The van der Waals surface area contributed by atoms with Gasteiger partial charge < -0.3 is 15.0 Å². The van der Waals surface area contributed by atoms with Gasteiger partial charge in [0, 0.05) is 33.4 Å². The van der Waals surface area contributed by atoms with Crippen molar-refractivity contribution in [1.82, 2.24) is 10.2 Å². The van der Waals surface area contributed by atoms with Gasteiger partial charge in [0.2, 0.25) is 0 Å². The van der Waals surface area contributed by atoms with Crippen LogP contribution in [0, 0.1) is 12.3 Å². The Balaban J connectivity index is 3.11. The molecular weight excluding hydrogens is 164 g/mol. The van der Waals surface area contributed by atoms with E-state index in [0.29, 0.717) is 6.54 Å². The van der Waals surface area contributed by atoms with Crippen LogP contribution in [-0.4, -0.2) is 51.8 Å². The summed E-state index contributed by atoms with van der Waals surface area (Å²) >= 11 is 0. The molecule has 0 aromatic carbocycles. The van der Waals surface area contributed by atoms with Gasteiger partial charge in [0.25, 0.3) is 0 Å². The Labute approximate surface area is 81.4 Å². The molecule has 3 nitrogen and oxygen atoms in total. The molecule has 0 aromatic heterocycles. The molecule has 3 heteroatoms. The van der Waals surface area contributed by atoms with Crippen molar-refractivity contribution in [3.8, 4) is 12.3 Å². The third kappa shape index (κ3) is 9.35. The average Bonchev–Trinajstić information content (AvgIpc) is 2.13. The summed E-state index contributed by atoms with van der Waals surface area (Å²) in [5.41, 5.74) is 0. The Hall–Kier alpha value is -0.560. The van der Waals surface area contributed by atoms with Crippen LogP contribution in [-0.2, 0) is 4.74 Å². The Bertz CT molecular complexity index is 142. The highest BCUT2D eigenvalue weighted by Gasteiger charge is 1.96. The molecule has 0 heterocycles. The highest BCUT2D eigenvalue weighted by atomic mass is 16.5. The first kappa shape index (κ1) is 12.4. The van der Waals surface area contributed by atoms with Crippen LogP contribution in [0.3, 0.4) is 0 Å². The second kappa shape index (κ2) is 9.53. The molecule has 76 valence electrons. The van der Waals surface area contributed by atoms with Crippen LogP contribution in [0.5, 0.6) is 0 Å². The van der Waals surface area contributed by atoms with Gasteiger partial charge in [-0.2, -0.15) is 0 Å². The lowest BCUT2D eigenvalue weighted by atomic mass is 10.4. The van der Waals surface area contributed by atoms with Crippen molar-refractivity contribution in [2.45, 2.75) is 6.42 Å². The van der Waals surface area contributed by atoms with Crippen LogP contribution in [0.4, 0.5) is 0 Å². The Morgan fingerprint density at radius 3 is 2.85 bits per heavy atom. The van der Waals surface area contributed by atoms with Crippen LogP contribution in [0.2, 0.25) is 0 Å². The van der Waals surface area contributed by atoms with Gasteiger partial charge in [-0.3, -0.25) is 0 Å². The lowest BCUT2D eigenvalue weighted by Crippen LogP contribution is -2.30. The van der Waals surface area contributed by atoms with Crippen molar-refractivity contribution in [1.29, 1.82) is 0 Å². The maximum atomic E-state index is 5.10. The van der Waals surface area contributed by atoms with Crippen molar-refractivity contribution >= 4 is 0 Å². The van der Waals surface area contributed by atoms with Gasteiger partial charge in [-0.05, 0) is 13.5 Å². The first-order valence-electron chi connectivity index (χ1n) is 4.63. The number of methoxy groups -OCH3 is 1. The molecule has 0 unspecified atom stereocenters. The van der Waals surface area contributed by atoms with Gasteiger partial charge in [-0.15, -0.1) is 6.42 Å². The molecule has 0 aliphatic rings. The molecule has 0 bridgehead atoms. The molecule has 0 amide bonds. The SMILES string of the molecule is C#CCNCCN(C)CCCOC. The van der Waals surface area contributed by atoms with Gasteiger partial charge >= 0.3 is 0 Å². The largest absolute Gasteiger partial charge is 0.385 e. The van der Waals surface area contributed by atoms with E-state index in [4.69, 9.17) is 11.2 Å². The lowest BCUT2D eigenvalue weighted by Gasteiger charge is -2.15. The molecule has 1 N–H and O–H groups in total. The molecule has 0 saturated heterocycles. The van der Waals surface area contributed by atoms with E-state index in [1.54, 1.807) is 7.11 Å². The van der Waals surface area contributed by atoms with E-state index >= 15 is 0 Å². The number of rotatable bonds is 8. The zero-order chi connectivity index (χ0) is 9.94. The number of nitrogens with zero attached hydrogens (tertiary/aromatic N) is 1. The van der Waals surface area contributed by atoms with E-state index in [9.17, 15) is 0 Å². The summed E-state index contributed by atoms with van der Waals surface area (Å²) in [7, 11) is 3.84. The first-order valence-corrected chi connectivity index (χ1v) is 4.63. The normalized spacial score (nSPS) is 10.3. The minimum atomic E-state index is 0.659. The molecule has 0 aliphatic carbocycles. The summed E-state index contributed by atoms with van der Waals surface area (Å²) in [4.78, 5) is 2.27. The highest BCUT2D eigenvalue weighted by molar-refractivity contribution is 4.86. The maximum Gasteiger partial charge on any atom is 0.0574 e.